The molecule has 2 unspecified atom stereocenters. The Kier molecular flexibility index (Phi) is 10.5. The molecule has 0 aliphatic rings. The van der Waals surface area contributed by atoms with Crippen molar-refractivity contribution in [1.29, 1.82) is 0 Å². The minimum Gasteiger partial charge on any atom is -0.323 e. The van der Waals surface area contributed by atoms with Crippen LogP contribution in [0.3, 0.4) is 0 Å². The van der Waals surface area contributed by atoms with Crippen LogP contribution in [0.25, 0.3) is 0 Å². The van der Waals surface area contributed by atoms with E-state index in [1.54, 1.807) is 56.5 Å². The second kappa shape index (κ2) is 12.9. The maximum atomic E-state index is 13.1. The fourth-order valence-electron chi connectivity index (χ4n) is 3.24. The predicted molar refractivity (Wildman–Crippen MR) is 136 cm³/mol. The standard InChI is InChI=1S/C24H34N4O5S2/c1-16(2)11-12-17(15-35(33)19-10-8-14-34-19)22(30)28(32)23(31)27-20(24(3,4)5)21(29)26-18-9-6-7-13-25-18/h6-10,13-14,16-17,20,32H,11-12,15H2,1-5H3,(H,27,31)(H,25,26,29)/t17-,20?,35?/m1/s1. The molecular weight excluding hydrogens is 488 g/mol. The Morgan fingerprint density at radius 3 is 2.40 bits per heavy atom. The van der Waals surface area contributed by atoms with Crippen LogP contribution >= 0.6 is 11.3 Å². The van der Waals surface area contributed by atoms with Gasteiger partial charge in [-0.15, -0.1) is 16.4 Å². The Morgan fingerprint density at radius 2 is 1.86 bits per heavy atom. The molecule has 3 N–H and O–H groups in total. The first-order chi connectivity index (χ1) is 16.4. The quantitative estimate of drug-likeness (QED) is 0.315. The second-order valence-corrected chi connectivity index (χ2v) is 12.4. The molecule has 192 valence electrons. The Balaban J connectivity index is 2.14. The summed E-state index contributed by atoms with van der Waals surface area (Å²) in [7, 11) is -1.45. The number of urea groups is 1. The van der Waals surface area contributed by atoms with E-state index in [4.69, 9.17) is 0 Å². The van der Waals surface area contributed by atoms with Crippen molar-refractivity contribution in [2.24, 2.45) is 17.3 Å². The number of rotatable bonds is 10. The molecule has 11 heteroatoms. The highest BCUT2D eigenvalue weighted by molar-refractivity contribution is 7.87. The molecule has 0 aliphatic heterocycles. The van der Waals surface area contributed by atoms with Crippen LogP contribution < -0.4 is 10.6 Å². The summed E-state index contributed by atoms with van der Waals surface area (Å²) in [6.45, 7) is 9.23. The molecule has 0 radical (unpaired) electrons. The zero-order valence-electron chi connectivity index (χ0n) is 20.7. The van der Waals surface area contributed by atoms with E-state index in [0.717, 1.165) is 0 Å². The zero-order valence-corrected chi connectivity index (χ0v) is 22.3. The summed E-state index contributed by atoms with van der Waals surface area (Å²) in [6.07, 6.45) is 2.54. The molecule has 0 spiro atoms. The lowest BCUT2D eigenvalue weighted by Gasteiger charge is -2.31. The molecule has 35 heavy (non-hydrogen) atoms. The van der Waals surface area contributed by atoms with E-state index in [1.165, 1.54) is 17.5 Å². The van der Waals surface area contributed by atoms with E-state index >= 15 is 0 Å². The number of imide groups is 1. The van der Waals surface area contributed by atoms with Crippen molar-refractivity contribution < 1.29 is 23.8 Å². The lowest BCUT2D eigenvalue weighted by molar-refractivity contribution is -0.157. The normalized spacial score (nSPS) is 14.1. The van der Waals surface area contributed by atoms with Gasteiger partial charge in [-0.05, 0) is 41.3 Å². The van der Waals surface area contributed by atoms with Crippen molar-refractivity contribution >= 4 is 45.8 Å². The number of hydroxylamine groups is 2. The van der Waals surface area contributed by atoms with Gasteiger partial charge in [-0.1, -0.05) is 53.2 Å². The summed E-state index contributed by atoms with van der Waals surface area (Å²) in [5.41, 5.74) is -0.740. The summed E-state index contributed by atoms with van der Waals surface area (Å²) >= 11 is 1.32. The molecule has 2 heterocycles. The van der Waals surface area contributed by atoms with Gasteiger partial charge in [-0.25, -0.2) is 9.78 Å². The molecule has 0 saturated carbocycles. The number of nitrogens with zero attached hydrogens (tertiary/aromatic N) is 2. The first kappa shape index (κ1) is 28.6. The Morgan fingerprint density at radius 1 is 1.14 bits per heavy atom. The van der Waals surface area contributed by atoms with Crippen LogP contribution in [-0.4, -0.2) is 49.1 Å². The number of hydrogen-bond acceptors (Lipinski definition) is 7. The number of aromatic nitrogens is 1. The maximum Gasteiger partial charge on any atom is 0.349 e. The molecule has 9 nitrogen and oxygen atoms in total. The van der Waals surface area contributed by atoms with Crippen LogP contribution in [-0.2, 0) is 20.4 Å². The molecular formula is C24H34N4O5S2. The van der Waals surface area contributed by atoms with Gasteiger partial charge < -0.3 is 10.6 Å². The maximum absolute atomic E-state index is 13.1. The lowest BCUT2D eigenvalue weighted by Crippen LogP contribution is -2.56. The smallest absolute Gasteiger partial charge is 0.323 e. The topological polar surface area (TPSA) is 129 Å². The van der Waals surface area contributed by atoms with Gasteiger partial charge >= 0.3 is 6.03 Å². The Labute approximate surface area is 212 Å². The van der Waals surface area contributed by atoms with Gasteiger partial charge in [0.2, 0.25) is 5.91 Å². The van der Waals surface area contributed by atoms with E-state index in [0.29, 0.717) is 22.9 Å². The van der Waals surface area contributed by atoms with Gasteiger partial charge in [-0.2, -0.15) is 0 Å². The Bertz CT molecular complexity index is 1010. The van der Waals surface area contributed by atoms with Crippen molar-refractivity contribution in [3.05, 3.63) is 41.9 Å². The van der Waals surface area contributed by atoms with Gasteiger partial charge in [-0.3, -0.25) is 19.0 Å². The van der Waals surface area contributed by atoms with E-state index in [-0.39, 0.29) is 16.7 Å². The molecule has 2 rings (SSSR count). The molecule has 0 aliphatic carbocycles. The Hall–Kier alpha value is -2.63. The van der Waals surface area contributed by atoms with Crippen molar-refractivity contribution in [1.82, 2.24) is 15.4 Å². The highest BCUT2D eigenvalue weighted by Crippen LogP contribution is 2.23. The highest BCUT2D eigenvalue weighted by Gasteiger charge is 2.37. The third-order valence-electron chi connectivity index (χ3n) is 5.23. The molecule has 4 amide bonds. The average molecular weight is 523 g/mol. The van der Waals surface area contributed by atoms with Gasteiger partial charge in [0.15, 0.2) is 0 Å². The van der Waals surface area contributed by atoms with Crippen LogP contribution in [0.4, 0.5) is 10.6 Å². The number of thiophene rings is 1. The molecule has 0 bridgehead atoms. The SMILES string of the molecule is CC(C)CC[C@H](CS(=O)c1cccs1)C(=O)N(O)C(=O)NC(C(=O)Nc1ccccn1)C(C)(C)C. The number of pyridine rings is 1. The number of carbonyl (C=O) groups is 3. The van der Waals surface area contributed by atoms with Crippen LogP contribution in [0.5, 0.6) is 0 Å². The summed E-state index contributed by atoms with van der Waals surface area (Å²) < 4.78 is 13.4. The van der Waals surface area contributed by atoms with Crippen LogP contribution in [0.1, 0.15) is 47.5 Å². The van der Waals surface area contributed by atoms with E-state index in [2.05, 4.69) is 15.6 Å². The molecule has 0 saturated heterocycles. The number of hydrogen-bond donors (Lipinski definition) is 3. The molecule has 2 aromatic heterocycles. The summed E-state index contributed by atoms with van der Waals surface area (Å²) in [4.78, 5) is 42.8. The summed E-state index contributed by atoms with van der Waals surface area (Å²) in [5.74, 6) is -1.65. The minimum atomic E-state index is -1.45. The molecule has 0 fully saturated rings. The number of amides is 4. The largest absolute Gasteiger partial charge is 0.349 e. The number of nitrogens with one attached hydrogen (secondary N) is 2. The van der Waals surface area contributed by atoms with Gasteiger partial charge in [0.05, 0.1) is 20.9 Å². The molecule has 2 aromatic rings. The summed E-state index contributed by atoms with van der Waals surface area (Å²) in [6, 6.07) is 6.32. The third kappa shape index (κ3) is 8.83. The van der Waals surface area contributed by atoms with Gasteiger partial charge in [0.25, 0.3) is 5.91 Å². The van der Waals surface area contributed by atoms with Crippen molar-refractivity contribution in [2.45, 2.75) is 57.7 Å². The lowest BCUT2D eigenvalue weighted by atomic mass is 9.86. The van der Waals surface area contributed by atoms with Crippen molar-refractivity contribution in [2.75, 3.05) is 11.1 Å². The first-order valence-electron chi connectivity index (χ1n) is 11.4. The zero-order chi connectivity index (χ0) is 26.2. The van der Waals surface area contributed by atoms with Crippen LogP contribution in [0.2, 0.25) is 0 Å². The van der Waals surface area contributed by atoms with Gasteiger partial charge in [0.1, 0.15) is 11.9 Å². The van der Waals surface area contributed by atoms with E-state index in [9.17, 15) is 23.8 Å². The average Bonchev–Trinajstić information content (AvgIpc) is 3.33. The highest BCUT2D eigenvalue weighted by atomic mass is 32.2. The second-order valence-electron chi connectivity index (χ2n) is 9.72. The van der Waals surface area contributed by atoms with E-state index < -0.39 is 46.0 Å². The fraction of sp³-hybridized carbons (Fsp3) is 0.500. The van der Waals surface area contributed by atoms with Crippen molar-refractivity contribution in [3.8, 4) is 0 Å². The number of carbonyl (C=O) groups excluding carboxylic acids is 3. The van der Waals surface area contributed by atoms with Crippen LogP contribution in [0, 0.1) is 17.3 Å². The third-order valence-corrected chi connectivity index (χ3v) is 8.03. The molecule has 3 atom stereocenters. The van der Waals surface area contributed by atoms with Crippen molar-refractivity contribution in [3.63, 3.8) is 0 Å². The summed E-state index contributed by atoms with van der Waals surface area (Å²) in [5, 5.41) is 17.4. The monoisotopic (exact) mass is 522 g/mol. The van der Waals surface area contributed by atoms with Crippen LogP contribution in [0.15, 0.2) is 46.1 Å². The fourth-order valence-corrected chi connectivity index (χ4v) is 5.56. The first-order valence-corrected chi connectivity index (χ1v) is 13.6. The van der Waals surface area contributed by atoms with E-state index in [1.807, 2.05) is 13.8 Å². The molecule has 0 aromatic carbocycles. The number of anilines is 1. The minimum absolute atomic E-state index is 0.00338. The van der Waals surface area contributed by atoms with Gasteiger partial charge in [0, 0.05) is 11.9 Å². The predicted octanol–water partition coefficient (Wildman–Crippen LogP) is 4.28.